The molecule has 1 aliphatic rings. The molecule has 1 nitrogen and oxygen atoms in total. The van der Waals surface area contributed by atoms with Crippen molar-refractivity contribution in [2.45, 2.75) is 37.1 Å². The zero-order valence-electron chi connectivity index (χ0n) is 7.42. The number of ether oxygens (including phenoxy) is 1. The molecule has 0 N–H and O–H groups in total. The van der Waals surface area contributed by atoms with Gasteiger partial charge in [0.1, 0.15) is 23.5 Å². The van der Waals surface area contributed by atoms with Crippen LogP contribution < -0.4 is 0 Å². The molecule has 0 aromatic heterocycles. The van der Waals surface area contributed by atoms with Gasteiger partial charge in [0, 0.05) is 12.1 Å². The minimum atomic E-state index is 0.464. The highest BCUT2D eigenvalue weighted by Gasteiger charge is 2.27. The van der Waals surface area contributed by atoms with Crippen molar-refractivity contribution < 1.29 is 4.74 Å². The van der Waals surface area contributed by atoms with Gasteiger partial charge in [-0.1, -0.05) is 12.2 Å². The van der Waals surface area contributed by atoms with Gasteiger partial charge >= 0.3 is 0 Å². The minimum Gasteiger partial charge on any atom is -0.385 e. The second-order valence-corrected chi connectivity index (χ2v) is 3.74. The first-order valence-electron chi connectivity index (χ1n) is 4.26. The second-order valence-electron chi connectivity index (χ2n) is 3.74. The van der Waals surface area contributed by atoms with E-state index in [1.165, 1.54) is 6.42 Å². The Balaban J connectivity index is 2.46. The molecule has 0 aliphatic carbocycles. The third-order valence-electron chi connectivity index (χ3n) is 2.78. The van der Waals surface area contributed by atoms with Crippen LogP contribution in [0.4, 0.5) is 0 Å². The van der Waals surface area contributed by atoms with Crippen LogP contribution in [0.5, 0.6) is 0 Å². The van der Waals surface area contributed by atoms with E-state index in [0.29, 0.717) is 12.1 Å². The van der Waals surface area contributed by atoms with E-state index in [9.17, 15) is 0 Å². The van der Waals surface area contributed by atoms with Gasteiger partial charge in [-0.05, 0) is 12.7 Å². The van der Waals surface area contributed by atoms with Gasteiger partial charge in [0.15, 0.2) is 0 Å². The molecule has 0 aromatic carbocycles. The highest BCUT2D eigenvalue weighted by molar-refractivity contribution is 6.22. The molecule has 0 spiro atoms. The third-order valence-corrected chi connectivity index (χ3v) is 2.78. The predicted octanol–water partition coefficient (Wildman–Crippen LogP) is -1.40. The van der Waals surface area contributed by atoms with Crippen LogP contribution in [0.15, 0.2) is 0 Å². The van der Waals surface area contributed by atoms with Crippen molar-refractivity contribution in [1.29, 1.82) is 0 Å². The second kappa shape index (κ2) is 3.04. The molecule has 0 saturated carbocycles. The molecule has 1 rings (SSSR count). The molecular weight excluding hydrogens is 121 g/mol. The van der Waals surface area contributed by atoms with Gasteiger partial charge in [0.05, 0.1) is 0 Å². The van der Waals surface area contributed by atoms with E-state index < -0.39 is 0 Å². The van der Waals surface area contributed by atoms with Gasteiger partial charge in [-0.2, -0.15) is 0 Å². The van der Waals surface area contributed by atoms with Gasteiger partial charge in [-0.15, -0.1) is 0 Å². The molecule has 1 heterocycles. The molecule has 0 radical (unpaired) electrons. The molecular formula is C6H15B3O. The zero-order chi connectivity index (χ0) is 7.72. The maximum atomic E-state index is 5.71. The average Bonchev–Trinajstić information content (AvgIpc) is 1.84. The van der Waals surface area contributed by atoms with Gasteiger partial charge in [-0.25, -0.2) is 0 Å². The Hall–Kier alpha value is 0.155. The highest BCUT2D eigenvalue weighted by Crippen LogP contribution is 2.31. The fraction of sp³-hybridized carbons (Fsp3) is 1.00. The standard InChI is InChI=1S/C6H15B3O/c1-3-4(7)2-5(8)6(9)10-3/h3-6H,2,7-9H2,1H3. The summed E-state index contributed by atoms with van der Waals surface area (Å²) >= 11 is 0. The lowest BCUT2D eigenvalue weighted by Crippen LogP contribution is -2.34. The first kappa shape index (κ1) is 8.25. The third kappa shape index (κ3) is 1.60. The lowest BCUT2D eigenvalue weighted by molar-refractivity contribution is 0.00512. The average molecular weight is 136 g/mol. The van der Waals surface area contributed by atoms with Crippen molar-refractivity contribution in [3.63, 3.8) is 0 Å². The SMILES string of the molecule is BC1CC(B)C(C)OC1B. The van der Waals surface area contributed by atoms with E-state index in [1.54, 1.807) is 0 Å². The predicted molar refractivity (Wildman–Crippen MR) is 52.1 cm³/mol. The lowest BCUT2D eigenvalue weighted by atomic mass is 9.62. The summed E-state index contributed by atoms with van der Waals surface area (Å²) in [4.78, 5) is 0. The Labute approximate surface area is 66.1 Å². The van der Waals surface area contributed by atoms with Crippen molar-refractivity contribution in [3.05, 3.63) is 0 Å². The quantitative estimate of drug-likeness (QED) is 0.372. The molecule has 1 aliphatic heterocycles. The Morgan fingerprint density at radius 1 is 1.20 bits per heavy atom. The summed E-state index contributed by atoms with van der Waals surface area (Å²) in [5, 5.41) is 0. The maximum Gasteiger partial charge on any atom is 0.138 e. The Kier molecular flexibility index (Phi) is 2.51. The molecule has 1 fully saturated rings. The Bertz CT molecular complexity index is 93.6. The Morgan fingerprint density at radius 2 is 1.80 bits per heavy atom. The van der Waals surface area contributed by atoms with Crippen molar-refractivity contribution in [1.82, 2.24) is 0 Å². The van der Waals surface area contributed by atoms with E-state index in [2.05, 4.69) is 30.5 Å². The summed E-state index contributed by atoms with van der Waals surface area (Å²) < 4.78 is 5.71. The van der Waals surface area contributed by atoms with Crippen molar-refractivity contribution in [3.8, 4) is 0 Å². The van der Waals surface area contributed by atoms with E-state index in [4.69, 9.17) is 4.74 Å². The van der Waals surface area contributed by atoms with Crippen LogP contribution in [0.1, 0.15) is 13.3 Å². The van der Waals surface area contributed by atoms with Crippen LogP contribution in [0, 0.1) is 0 Å². The molecule has 0 aromatic rings. The van der Waals surface area contributed by atoms with Crippen LogP contribution in [0.25, 0.3) is 0 Å². The van der Waals surface area contributed by atoms with Crippen LogP contribution in [-0.4, -0.2) is 35.6 Å². The summed E-state index contributed by atoms with van der Waals surface area (Å²) in [5.41, 5.74) is 0. The largest absolute Gasteiger partial charge is 0.385 e. The van der Waals surface area contributed by atoms with E-state index in [1.807, 2.05) is 0 Å². The summed E-state index contributed by atoms with van der Waals surface area (Å²) in [7, 11) is 6.72. The van der Waals surface area contributed by atoms with Gasteiger partial charge in [0.25, 0.3) is 0 Å². The number of hydrogen-bond donors (Lipinski definition) is 0. The van der Waals surface area contributed by atoms with Crippen molar-refractivity contribution in [2.24, 2.45) is 0 Å². The molecule has 0 amide bonds. The fourth-order valence-electron chi connectivity index (χ4n) is 1.58. The molecule has 4 atom stereocenters. The van der Waals surface area contributed by atoms with Crippen molar-refractivity contribution >= 4 is 23.5 Å². The fourth-order valence-corrected chi connectivity index (χ4v) is 1.58. The molecule has 10 heavy (non-hydrogen) atoms. The number of hydrogen-bond acceptors (Lipinski definition) is 1. The topological polar surface area (TPSA) is 9.23 Å². The lowest BCUT2D eigenvalue weighted by Gasteiger charge is -2.36. The van der Waals surface area contributed by atoms with Gasteiger partial charge in [-0.3, -0.25) is 0 Å². The Morgan fingerprint density at radius 3 is 2.30 bits per heavy atom. The van der Waals surface area contributed by atoms with Crippen LogP contribution in [0.3, 0.4) is 0 Å². The molecule has 1 saturated heterocycles. The summed E-state index contributed by atoms with van der Waals surface area (Å²) in [6, 6.07) is 0.464. The molecule has 54 valence electrons. The van der Waals surface area contributed by atoms with E-state index >= 15 is 0 Å². The summed E-state index contributed by atoms with van der Waals surface area (Å²) in [6.45, 7) is 2.17. The minimum absolute atomic E-state index is 0.464. The normalized spacial score (nSPS) is 48.9. The molecule has 0 bridgehead atoms. The molecule has 4 unspecified atom stereocenters. The smallest absolute Gasteiger partial charge is 0.138 e. The van der Waals surface area contributed by atoms with Crippen LogP contribution >= 0.6 is 0 Å². The van der Waals surface area contributed by atoms with Gasteiger partial charge in [0.2, 0.25) is 0 Å². The summed E-state index contributed by atoms with van der Waals surface area (Å²) in [5.74, 6) is 1.48. The van der Waals surface area contributed by atoms with Crippen LogP contribution in [-0.2, 0) is 4.74 Å². The van der Waals surface area contributed by atoms with Crippen molar-refractivity contribution in [2.75, 3.05) is 0 Å². The highest BCUT2D eigenvalue weighted by atomic mass is 16.5. The summed E-state index contributed by atoms with van der Waals surface area (Å²) in [6.07, 6.45) is 1.79. The zero-order valence-corrected chi connectivity index (χ0v) is 7.42. The number of rotatable bonds is 0. The monoisotopic (exact) mass is 136 g/mol. The molecule has 4 heteroatoms. The van der Waals surface area contributed by atoms with Gasteiger partial charge < -0.3 is 4.74 Å². The first-order valence-corrected chi connectivity index (χ1v) is 4.26. The van der Waals surface area contributed by atoms with E-state index in [-0.39, 0.29) is 0 Å². The van der Waals surface area contributed by atoms with Crippen LogP contribution in [0.2, 0.25) is 11.6 Å². The first-order chi connectivity index (χ1) is 4.61. The maximum absolute atomic E-state index is 5.71. The van der Waals surface area contributed by atoms with E-state index in [0.717, 1.165) is 11.6 Å².